The number of carbonyl (C=O) groups is 1. The second-order valence-electron chi connectivity index (χ2n) is 2.71. The van der Waals surface area contributed by atoms with Crippen LogP contribution in [0.4, 0.5) is 4.39 Å². The average Bonchev–Trinajstić information content (AvgIpc) is 2.13. The first-order chi connectivity index (χ1) is 6.56. The Labute approximate surface area is 94.6 Å². The molecule has 0 heterocycles. The number of nitrogens with one attached hydrogen (secondary N) is 1. The molecule has 5 heteroatoms. The summed E-state index contributed by atoms with van der Waals surface area (Å²) in [4.78, 5) is 11.4. The van der Waals surface area contributed by atoms with Crippen molar-refractivity contribution in [3.05, 3.63) is 33.0 Å². The molecule has 1 rings (SSSR count). The van der Waals surface area contributed by atoms with E-state index in [0.717, 1.165) is 6.07 Å². The van der Waals surface area contributed by atoms with E-state index in [2.05, 4.69) is 21.2 Å². The first-order valence-corrected chi connectivity index (χ1v) is 5.05. The smallest absolute Gasteiger partial charge is 0.176 e. The molecule has 0 aliphatic rings. The number of hydrogen-bond acceptors (Lipinski definition) is 2. The molecule has 1 aromatic rings. The van der Waals surface area contributed by atoms with Gasteiger partial charge >= 0.3 is 0 Å². The van der Waals surface area contributed by atoms with Gasteiger partial charge < -0.3 is 5.32 Å². The summed E-state index contributed by atoms with van der Waals surface area (Å²) in [6.45, 7) is 0.174. The van der Waals surface area contributed by atoms with Crippen molar-refractivity contribution in [2.75, 3.05) is 13.6 Å². The van der Waals surface area contributed by atoms with Gasteiger partial charge in [-0.25, -0.2) is 4.39 Å². The van der Waals surface area contributed by atoms with E-state index in [1.54, 1.807) is 7.05 Å². The van der Waals surface area contributed by atoms with Crippen LogP contribution in [0.15, 0.2) is 16.6 Å². The molecule has 0 unspecified atom stereocenters. The van der Waals surface area contributed by atoms with Crippen LogP contribution in [0, 0.1) is 5.82 Å². The highest BCUT2D eigenvalue weighted by Crippen LogP contribution is 2.26. The molecular weight excluding hydrogens is 272 g/mol. The Morgan fingerprint density at radius 3 is 2.79 bits per heavy atom. The summed E-state index contributed by atoms with van der Waals surface area (Å²) in [5.41, 5.74) is 0.299. The standard InChI is InChI=1S/C9H8BrClFNO/c1-13-4-8(14)5-2-6(10)9(11)7(12)3-5/h2-3,13H,4H2,1H3. The van der Waals surface area contributed by atoms with E-state index in [0.29, 0.717) is 10.0 Å². The molecule has 1 N–H and O–H groups in total. The van der Waals surface area contributed by atoms with E-state index in [4.69, 9.17) is 11.6 Å². The zero-order valence-corrected chi connectivity index (χ0v) is 9.75. The summed E-state index contributed by atoms with van der Waals surface area (Å²) < 4.78 is 13.5. The fraction of sp³-hybridized carbons (Fsp3) is 0.222. The summed E-state index contributed by atoms with van der Waals surface area (Å²) in [5, 5.41) is 2.69. The van der Waals surface area contributed by atoms with Gasteiger partial charge in [0, 0.05) is 10.0 Å². The summed E-state index contributed by atoms with van der Waals surface area (Å²) in [6, 6.07) is 2.64. The Hall–Kier alpha value is -0.450. The van der Waals surface area contributed by atoms with Gasteiger partial charge in [0.2, 0.25) is 0 Å². The maximum absolute atomic E-state index is 13.1. The summed E-state index contributed by atoms with van der Waals surface area (Å²) in [5.74, 6) is -0.774. The quantitative estimate of drug-likeness (QED) is 0.681. The lowest BCUT2D eigenvalue weighted by Gasteiger charge is -2.03. The maximum Gasteiger partial charge on any atom is 0.176 e. The summed E-state index contributed by atoms with van der Waals surface area (Å²) in [7, 11) is 1.65. The van der Waals surface area contributed by atoms with Crippen LogP contribution in [-0.4, -0.2) is 19.4 Å². The number of rotatable bonds is 3. The lowest BCUT2D eigenvalue weighted by molar-refractivity contribution is 0.0993. The molecule has 0 saturated heterocycles. The van der Waals surface area contributed by atoms with Crippen LogP contribution in [0.3, 0.4) is 0 Å². The van der Waals surface area contributed by atoms with Crippen molar-refractivity contribution in [1.82, 2.24) is 5.32 Å². The highest BCUT2D eigenvalue weighted by atomic mass is 79.9. The van der Waals surface area contributed by atoms with Gasteiger partial charge in [-0.15, -0.1) is 0 Å². The van der Waals surface area contributed by atoms with Crippen molar-refractivity contribution in [2.24, 2.45) is 0 Å². The molecule has 0 bridgehead atoms. The molecule has 2 nitrogen and oxygen atoms in total. The van der Waals surface area contributed by atoms with Crippen LogP contribution in [-0.2, 0) is 0 Å². The van der Waals surface area contributed by atoms with Gasteiger partial charge in [-0.2, -0.15) is 0 Å². The van der Waals surface area contributed by atoms with E-state index >= 15 is 0 Å². The molecule has 0 fully saturated rings. The Morgan fingerprint density at radius 2 is 2.29 bits per heavy atom. The van der Waals surface area contributed by atoms with Crippen LogP contribution in [0.25, 0.3) is 0 Å². The number of hydrogen-bond donors (Lipinski definition) is 1. The van der Waals surface area contributed by atoms with Crippen LogP contribution in [0.1, 0.15) is 10.4 Å². The van der Waals surface area contributed by atoms with Crippen LogP contribution in [0.5, 0.6) is 0 Å². The Morgan fingerprint density at radius 1 is 1.64 bits per heavy atom. The van der Waals surface area contributed by atoms with Gasteiger partial charge in [-0.05, 0) is 35.1 Å². The van der Waals surface area contributed by atoms with Crippen molar-refractivity contribution in [3.8, 4) is 0 Å². The maximum atomic E-state index is 13.1. The Kier molecular flexibility index (Phi) is 4.04. The summed E-state index contributed by atoms with van der Waals surface area (Å²) >= 11 is 8.65. The monoisotopic (exact) mass is 279 g/mol. The first kappa shape index (κ1) is 11.6. The lowest BCUT2D eigenvalue weighted by Crippen LogP contribution is -2.18. The molecule has 0 atom stereocenters. The molecule has 0 aliphatic carbocycles. The molecule has 0 amide bonds. The van der Waals surface area contributed by atoms with Crippen LogP contribution < -0.4 is 5.32 Å². The molecule has 0 aliphatic heterocycles. The van der Waals surface area contributed by atoms with Crippen molar-refractivity contribution in [3.63, 3.8) is 0 Å². The van der Waals surface area contributed by atoms with E-state index in [1.807, 2.05) is 0 Å². The predicted octanol–water partition coefficient (Wildman–Crippen LogP) is 2.64. The van der Waals surface area contributed by atoms with Gasteiger partial charge in [-0.3, -0.25) is 4.79 Å². The fourth-order valence-electron chi connectivity index (χ4n) is 0.979. The number of benzene rings is 1. The topological polar surface area (TPSA) is 29.1 Å². The number of halogens is 3. The Balaban J connectivity index is 3.06. The van der Waals surface area contributed by atoms with E-state index in [-0.39, 0.29) is 17.4 Å². The normalized spacial score (nSPS) is 10.3. The third-order valence-corrected chi connectivity index (χ3v) is 2.88. The largest absolute Gasteiger partial charge is 0.313 e. The van der Waals surface area contributed by atoms with Crippen molar-refractivity contribution >= 4 is 33.3 Å². The highest BCUT2D eigenvalue weighted by molar-refractivity contribution is 9.10. The van der Waals surface area contributed by atoms with Gasteiger partial charge in [0.05, 0.1) is 11.6 Å². The average molecular weight is 281 g/mol. The number of carbonyl (C=O) groups excluding carboxylic acids is 1. The molecule has 14 heavy (non-hydrogen) atoms. The SMILES string of the molecule is CNCC(=O)c1cc(F)c(Cl)c(Br)c1. The fourth-order valence-corrected chi connectivity index (χ4v) is 1.52. The van der Waals surface area contributed by atoms with Crippen molar-refractivity contribution < 1.29 is 9.18 Å². The minimum atomic E-state index is -0.597. The zero-order valence-electron chi connectivity index (χ0n) is 7.40. The first-order valence-electron chi connectivity index (χ1n) is 3.88. The predicted molar refractivity (Wildman–Crippen MR) is 57.4 cm³/mol. The van der Waals surface area contributed by atoms with Gasteiger partial charge in [-0.1, -0.05) is 11.6 Å². The number of ketones is 1. The third-order valence-electron chi connectivity index (χ3n) is 1.64. The molecule has 0 spiro atoms. The third kappa shape index (κ3) is 2.53. The van der Waals surface area contributed by atoms with Crippen molar-refractivity contribution in [2.45, 2.75) is 0 Å². The molecular formula is C9H8BrClFNO. The van der Waals surface area contributed by atoms with E-state index in [1.165, 1.54) is 6.07 Å². The molecule has 1 aromatic carbocycles. The Bertz CT molecular complexity index is 347. The van der Waals surface area contributed by atoms with E-state index < -0.39 is 5.82 Å². The molecule has 0 radical (unpaired) electrons. The minimum Gasteiger partial charge on any atom is -0.313 e. The highest BCUT2D eigenvalue weighted by Gasteiger charge is 2.11. The second kappa shape index (κ2) is 4.87. The van der Waals surface area contributed by atoms with Gasteiger partial charge in [0.15, 0.2) is 5.78 Å². The summed E-state index contributed by atoms with van der Waals surface area (Å²) in [6.07, 6.45) is 0. The van der Waals surface area contributed by atoms with Crippen LogP contribution >= 0.6 is 27.5 Å². The van der Waals surface area contributed by atoms with Crippen LogP contribution in [0.2, 0.25) is 5.02 Å². The second-order valence-corrected chi connectivity index (χ2v) is 3.94. The number of Topliss-reactive ketones (excluding diaryl/α,β-unsaturated/α-hetero) is 1. The molecule has 0 aromatic heterocycles. The van der Waals surface area contributed by atoms with Gasteiger partial charge in [0.25, 0.3) is 0 Å². The lowest BCUT2D eigenvalue weighted by atomic mass is 10.1. The number of likely N-dealkylation sites (N-methyl/N-ethyl adjacent to an activating group) is 1. The molecule has 76 valence electrons. The van der Waals surface area contributed by atoms with Crippen molar-refractivity contribution in [1.29, 1.82) is 0 Å². The minimum absolute atomic E-state index is 0.00833. The van der Waals surface area contributed by atoms with E-state index in [9.17, 15) is 9.18 Å². The van der Waals surface area contributed by atoms with Gasteiger partial charge in [0.1, 0.15) is 5.82 Å². The zero-order chi connectivity index (χ0) is 10.7. The molecule has 0 saturated carbocycles.